The Morgan fingerprint density at radius 2 is 2.17 bits per heavy atom. The average molecular weight is 157 g/mol. The van der Waals surface area contributed by atoms with Gasteiger partial charge in [-0.2, -0.15) is 5.26 Å². The van der Waals surface area contributed by atoms with E-state index < -0.39 is 0 Å². The topological polar surface area (TPSA) is 33.0 Å². The van der Waals surface area contributed by atoms with Crippen LogP contribution in [0.3, 0.4) is 0 Å². The maximum absolute atomic E-state index is 8.64. The maximum atomic E-state index is 8.64. The Labute approximate surface area is 71.4 Å². The Kier molecular flexibility index (Phi) is 2.76. The van der Waals surface area contributed by atoms with Crippen LogP contribution < -0.4 is 4.74 Å². The summed E-state index contributed by atoms with van der Waals surface area (Å²) < 4.78 is 5.12. The molecule has 0 fully saturated rings. The van der Waals surface area contributed by atoms with E-state index in [1.165, 1.54) is 0 Å². The standard InChI is InChI=1S/C10H7NO/c1-2-7-12-10-6-4-3-5-9(10)8-11/h1,3-6H,7H2. The first-order chi connectivity index (χ1) is 5.88. The highest BCUT2D eigenvalue weighted by molar-refractivity contribution is 5.42. The van der Waals surface area contributed by atoms with E-state index in [2.05, 4.69) is 5.92 Å². The Hall–Kier alpha value is -1.93. The van der Waals surface area contributed by atoms with Gasteiger partial charge in [-0.1, -0.05) is 18.1 Å². The molecule has 12 heavy (non-hydrogen) atoms. The zero-order chi connectivity index (χ0) is 8.81. The number of nitriles is 1. The highest BCUT2D eigenvalue weighted by Gasteiger charge is 1.98. The van der Waals surface area contributed by atoms with E-state index in [9.17, 15) is 0 Å². The van der Waals surface area contributed by atoms with Crippen LogP contribution in [0.25, 0.3) is 0 Å². The number of para-hydroxylation sites is 1. The lowest BCUT2D eigenvalue weighted by atomic mass is 10.2. The molecule has 0 spiro atoms. The van der Waals surface area contributed by atoms with Crippen molar-refractivity contribution in [3.63, 3.8) is 0 Å². The van der Waals surface area contributed by atoms with Crippen molar-refractivity contribution >= 4 is 0 Å². The molecule has 0 aliphatic heterocycles. The smallest absolute Gasteiger partial charge is 0.148 e. The fourth-order valence-electron chi connectivity index (χ4n) is 0.804. The van der Waals surface area contributed by atoms with Gasteiger partial charge in [0.15, 0.2) is 0 Å². The van der Waals surface area contributed by atoms with Crippen LogP contribution in [0.15, 0.2) is 24.3 Å². The SMILES string of the molecule is C#CCOc1ccccc1C#N. The van der Waals surface area contributed by atoms with E-state index in [0.717, 1.165) is 0 Å². The molecule has 2 nitrogen and oxygen atoms in total. The second-order valence-corrected chi connectivity index (χ2v) is 2.10. The number of benzene rings is 1. The Balaban J connectivity index is 2.86. The van der Waals surface area contributed by atoms with Gasteiger partial charge >= 0.3 is 0 Å². The number of rotatable bonds is 2. The Bertz CT molecular complexity index is 344. The molecular weight excluding hydrogens is 150 g/mol. The van der Waals surface area contributed by atoms with Gasteiger partial charge in [0.1, 0.15) is 18.4 Å². The van der Waals surface area contributed by atoms with Gasteiger partial charge in [-0.05, 0) is 12.1 Å². The van der Waals surface area contributed by atoms with Crippen molar-refractivity contribution in [3.05, 3.63) is 29.8 Å². The summed E-state index contributed by atoms with van der Waals surface area (Å²) in [6.07, 6.45) is 5.01. The van der Waals surface area contributed by atoms with Gasteiger partial charge in [-0.15, -0.1) is 6.42 Å². The van der Waals surface area contributed by atoms with Crippen molar-refractivity contribution in [2.45, 2.75) is 0 Å². The van der Waals surface area contributed by atoms with E-state index in [4.69, 9.17) is 16.4 Å². The molecule has 0 aliphatic carbocycles. The summed E-state index contributed by atoms with van der Waals surface area (Å²) in [6.45, 7) is 0.193. The van der Waals surface area contributed by atoms with Crippen LogP contribution in [-0.4, -0.2) is 6.61 Å². The van der Waals surface area contributed by atoms with Crippen LogP contribution in [0.2, 0.25) is 0 Å². The second kappa shape index (κ2) is 4.05. The first-order valence-electron chi connectivity index (χ1n) is 3.44. The van der Waals surface area contributed by atoms with E-state index >= 15 is 0 Å². The Morgan fingerprint density at radius 3 is 2.83 bits per heavy atom. The molecule has 0 unspecified atom stereocenters. The first kappa shape index (κ1) is 8.17. The predicted octanol–water partition coefficient (Wildman–Crippen LogP) is 1.57. The first-order valence-corrected chi connectivity index (χ1v) is 3.44. The summed E-state index contributed by atoms with van der Waals surface area (Å²) in [5, 5.41) is 8.64. The molecule has 1 aromatic rings. The van der Waals surface area contributed by atoms with Crippen molar-refractivity contribution in [2.24, 2.45) is 0 Å². The minimum atomic E-state index is 0.193. The third kappa shape index (κ3) is 1.78. The van der Waals surface area contributed by atoms with Gasteiger partial charge in [0.2, 0.25) is 0 Å². The summed E-state index contributed by atoms with van der Waals surface area (Å²) in [5.74, 6) is 2.88. The van der Waals surface area contributed by atoms with Crippen LogP contribution in [0.1, 0.15) is 5.56 Å². The maximum Gasteiger partial charge on any atom is 0.148 e. The van der Waals surface area contributed by atoms with Crippen LogP contribution >= 0.6 is 0 Å². The summed E-state index contributed by atoms with van der Waals surface area (Å²) in [6, 6.07) is 8.99. The molecule has 0 atom stereocenters. The van der Waals surface area contributed by atoms with Gasteiger partial charge in [-0.3, -0.25) is 0 Å². The molecule has 58 valence electrons. The van der Waals surface area contributed by atoms with Gasteiger partial charge in [0, 0.05) is 0 Å². The van der Waals surface area contributed by atoms with Crippen molar-refractivity contribution in [3.8, 4) is 24.2 Å². The van der Waals surface area contributed by atoms with Crippen LogP contribution in [0.4, 0.5) is 0 Å². The normalized spacial score (nSPS) is 8.17. The molecule has 0 radical (unpaired) electrons. The van der Waals surface area contributed by atoms with E-state index in [1.807, 2.05) is 6.07 Å². The fourth-order valence-corrected chi connectivity index (χ4v) is 0.804. The largest absolute Gasteiger partial charge is 0.480 e. The van der Waals surface area contributed by atoms with Crippen molar-refractivity contribution in [1.82, 2.24) is 0 Å². The third-order valence-corrected chi connectivity index (χ3v) is 1.32. The number of terminal acetylenes is 1. The quantitative estimate of drug-likeness (QED) is 0.610. The van der Waals surface area contributed by atoms with E-state index in [-0.39, 0.29) is 6.61 Å². The third-order valence-electron chi connectivity index (χ3n) is 1.32. The van der Waals surface area contributed by atoms with Crippen molar-refractivity contribution in [2.75, 3.05) is 6.61 Å². The summed E-state index contributed by atoms with van der Waals surface area (Å²) in [7, 11) is 0. The van der Waals surface area contributed by atoms with Crippen LogP contribution in [0.5, 0.6) is 5.75 Å². The minimum Gasteiger partial charge on any atom is -0.480 e. The minimum absolute atomic E-state index is 0.193. The molecule has 1 rings (SSSR count). The number of ether oxygens (including phenoxy) is 1. The molecule has 0 saturated heterocycles. The van der Waals surface area contributed by atoms with Gasteiger partial charge in [0.25, 0.3) is 0 Å². The highest BCUT2D eigenvalue weighted by Crippen LogP contribution is 2.15. The van der Waals surface area contributed by atoms with Crippen molar-refractivity contribution in [1.29, 1.82) is 5.26 Å². The molecule has 0 saturated carbocycles. The monoisotopic (exact) mass is 157 g/mol. The second-order valence-electron chi connectivity index (χ2n) is 2.10. The zero-order valence-corrected chi connectivity index (χ0v) is 6.45. The molecule has 0 amide bonds. The van der Waals surface area contributed by atoms with Crippen LogP contribution in [-0.2, 0) is 0 Å². The lowest BCUT2D eigenvalue weighted by Gasteiger charge is -2.02. The van der Waals surface area contributed by atoms with Gasteiger partial charge < -0.3 is 4.74 Å². The average Bonchev–Trinajstić information content (AvgIpc) is 2.15. The predicted molar refractivity (Wildman–Crippen MR) is 45.5 cm³/mol. The molecule has 0 aliphatic rings. The highest BCUT2D eigenvalue weighted by atomic mass is 16.5. The molecule has 0 aromatic heterocycles. The molecule has 0 N–H and O–H groups in total. The van der Waals surface area contributed by atoms with Gasteiger partial charge in [-0.25, -0.2) is 0 Å². The molecule has 2 heteroatoms. The summed E-state index contributed by atoms with van der Waals surface area (Å²) >= 11 is 0. The molecule has 0 heterocycles. The van der Waals surface area contributed by atoms with E-state index in [0.29, 0.717) is 11.3 Å². The fraction of sp³-hybridized carbons (Fsp3) is 0.100. The Morgan fingerprint density at radius 1 is 1.42 bits per heavy atom. The molecule has 1 aromatic carbocycles. The number of hydrogen-bond donors (Lipinski definition) is 0. The lowest BCUT2D eigenvalue weighted by Crippen LogP contribution is -1.95. The number of nitrogens with zero attached hydrogens (tertiary/aromatic N) is 1. The van der Waals surface area contributed by atoms with Gasteiger partial charge in [0.05, 0.1) is 5.56 Å². The van der Waals surface area contributed by atoms with Crippen molar-refractivity contribution < 1.29 is 4.74 Å². The molecular formula is C10H7NO. The van der Waals surface area contributed by atoms with Crippen LogP contribution in [0, 0.1) is 23.7 Å². The molecule has 0 bridgehead atoms. The number of hydrogen-bond acceptors (Lipinski definition) is 2. The zero-order valence-electron chi connectivity index (χ0n) is 6.45. The van der Waals surface area contributed by atoms with E-state index in [1.54, 1.807) is 24.3 Å². The lowest BCUT2D eigenvalue weighted by molar-refractivity contribution is 0.369. The summed E-state index contributed by atoms with van der Waals surface area (Å²) in [4.78, 5) is 0. The summed E-state index contributed by atoms with van der Waals surface area (Å²) in [5.41, 5.74) is 0.507.